The molecule has 0 aliphatic rings. The Bertz CT molecular complexity index is 1210. The fourth-order valence-electron chi connectivity index (χ4n) is 11.3. The molecular weight excluding hydrogens is 1160 g/mol. The van der Waals surface area contributed by atoms with E-state index < -0.39 is 61.5 Å². The molecule has 0 radical (unpaired) electrons. The number of rotatable bonds is 69. The zero-order valence-corrected chi connectivity index (χ0v) is 61.1. The van der Waals surface area contributed by atoms with Crippen molar-refractivity contribution in [1.82, 2.24) is 0 Å². The smallest absolute Gasteiger partial charge is 0.303 e. The van der Waals surface area contributed by atoms with Crippen molar-refractivity contribution in [2.45, 2.75) is 463 Å². The summed E-state index contributed by atoms with van der Waals surface area (Å²) in [6.45, 7) is 7.63. The molecule has 0 fully saturated rings. The van der Waals surface area contributed by atoms with E-state index in [1.54, 1.807) is 0 Å². The first-order valence-electron chi connectivity index (χ1n) is 39.4. The molecule has 0 bridgehead atoms. The molecule has 0 rings (SSSR count). The van der Waals surface area contributed by atoms with Gasteiger partial charge in [-0.1, -0.05) is 387 Å². The van der Waals surface area contributed by atoms with Gasteiger partial charge in [0.05, 0.1) is 13.2 Å². The number of carboxylic acids is 4. The topological polar surface area (TPSA) is 271 Å². The van der Waals surface area contributed by atoms with Crippen molar-refractivity contribution >= 4 is 23.9 Å². The summed E-state index contributed by atoms with van der Waals surface area (Å²) >= 11 is 0. The predicted octanol–water partition coefficient (Wildman–Crippen LogP) is 21.7. The molecule has 14 heteroatoms. The van der Waals surface area contributed by atoms with Crippen LogP contribution in [0.15, 0.2) is 0 Å². The van der Waals surface area contributed by atoms with E-state index >= 15 is 0 Å². The van der Waals surface area contributed by atoms with E-state index in [4.69, 9.17) is 51.1 Å². The number of hydrogen-bond donors (Lipinski definition) is 10. The SMILES string of the molecule is CCCCCCCCCCCCCCCCCC(=O)O.CCCCCCCCCCCCCCCCCC(=O)O.CCCCCCCCCCCCCCCCCC(=O)O.CCCCCCCCCCCCCCCCCC(=O)O.OC[C@@H](O)[C@@H](O)[C@H](O)[C@@H](O)CO. The number of carboxylic acid groups (broad SMARTS) is 4. The largest absolute Gasteiger partial charge is 0.481 e. The van der Waals surface area contributed by atoms with E-state index in [-0.39, 0.29) is 0 Å². The van der Waals surface area contributed by atoms with E-state index in [1.807, 2.05) is 0 Å². The zero-order valence-electron chi connectivity index (χ0n) is 61.1. The lowest BCUT2D eigenvalue weighted by molar-refractivity contribution is -0.138. The number of unbranched alkanes of at least 4 members (excludes halogenated alkanes) is 56. The fourth-order valence-corrected chi connectivity index (χ4v) is 11.3. The Morgan fingerprint density at radius 3 is 0.380 bits per heavy atom. The van der Waals surface area contributed by atoms with Gasteiger partial charge in [-0.15, -0.1) is 0 Å². The van der Waals surface area contributed by atoms with Crippen molar-refractivity contribution in [2.75, 3.05) is 13.2 Å². The summed E-state index contributed by atoms with van der Waals surface area (Å²) in [7, 11) is 0. The quantitative estimate of drug-likeness (QED) is 0.0254. The second-order valence-electron chi connectivity index (χ2n) is 26.9. The number of aliphatic hydroxyl groups excluding tert-OH is 6. The molecule has 0 aromatic heterocycles. The summed E-state index contributed by atoms with van der Waals surface area (Å²) in [5.41, 5.74) is 0. The molecule has 0 spiro atoms. The Labute approximate surface area is 567 Å². The molecule has 0 aliphatic heterocycles. The molecule has 0 saturated heterocycles. The average molecular weight is 1320 g/mol. The zero-order chi connectivity index (χ0) is 69.3. The Hall–Kier alpha value is -2.36. The molecule has 554 valence electrons. The molecule has 0 heterocycles. The Morgan fingerprint density at radius 1 is 0.196 bits per heavy atom. The number of aliphatic hydroxyl groups is 6. The summed E-state index contributed by atoms with van der Waals surface area (Å²) in [4.78, 5) is 41.3. The molecule has 10 N–H and O–H groups in total. The van der Waals surface area contributed by atoms with Gasteiger partial charge in [0.2, 0.25) is 0 Å². The molecule has 14 nitrogen and oxygen atoms in total. The summed E-state index contributed by atoms with van der Waals surface area (Å²) in [5, 5.41) is 86.2. The first kappa shape index (κ1) is 98.3. The van der Waals surface area contributed by atoms with Crippen LogP contribution in [0.4, 0.5) is 0 Å². The first-order chi connectivity index (χ1) is 44.6. The van der Waals surface area contributed by atoms with Crippen LogP contribution in [0.3, 0.4) is 0 Å². The van der Waals surface area contributed by atoms with Crippen LogP contribution in [0.2, 0.25) is 0 Å². The molecular formula is C78H158O14. The van der Waals surface area contributed by atoms with Crippen LogP contribution in [0.25, 0.3) is 0 Å². The molecule has 0 aromatic carbocycles. The Kier molecular flexibility index (Phi) is 94.7. The standard InChI is InChI=1S/4C18H36O2.C6H14O6/c4*1-2-3-4-5-6-7-8-9-10-11-12-13-14-15-16-17-18(19)20;7-1-3(9)5(11)6(12)4(10)2-8/h4*2-17H2,1H3,(H,19,20);3-12H,1-2H2/t;;;;3-,4+,5-,6-/m....1/s1. The van der Waals surface area contributed by atoms with Crippen molar-refractivity contribution in [3.05, 3.63) is 0 Å². The second-order valence-corrected chi connectivity index (χ2v) is 26.9. The van der Waals surface area contributed by atoms with Gasteiger partial charge in [0.15, 0.2) is 0 Å². The maximum atomic E-state index is 10.3. The number of hydrogen-bond acceptors (Lipinski definition) is 10. The highest BCUT2D eigenvalue weighted by molar-refractivity contribution is 5.67. The molecule has 0 amide bonds. The molecule has 4 atom stereocenters. The summed E-state index contributed by atoms with van der Waals surface area (Å²) in [6, 6.07) is 0. The second kappa shape index (κ2) is 88.6. The molecule has 92 heavy (non-hydrogen) atoms. The summed E-state index contributed by atoms with van der Waals surface area (Å²) < 4.78 is 0. The fraction of sp³-hybridized carbons (Fsp3) is 0.949. The lowest BCUT2D eigenvalue weighted by Crippen LogP contribution is -2.46. The van der Waals surface area contributed by atoms with Gasteiger partial charge in [0.1, 0.15) is 24.4 Å². The van der Waals surface area contributed by atoms with Crippen LogP contribution in [-0.2, 0) is 19.2 Å². The number of aliphatic carboxylic acids is 4. The van der Waals surface area contributed by atoms with Crippen molar-refractivity contribution in [1.29, 1.82) is 0 Å². The molecule has 0 aromatic rings. The van der Waals surface area contributed by atoms with E-state index in [0.717, 1.165) is 51.4 Å². The Morgan fingerprint density at radius 2 is 0.293 bits per heavy atom. The lowest BCUT2D eigenvalue weighted by atomic mass is 10.0. The van der Waals surface area contributed by atoms with Crippen LogP contribution >= 0.6 is 0 Å². The van der Waals surface area contributed by atoms with E-state index in [0.29, 0.717) is 25.7 Å². The third-order valence-corrected chi connectivity index (χ3v) is 17.5. The van der Waals surface area contributed by atoms with Crippen molar-refractivity contribution in [3.63, 3.8) is 0 Å². The van der Waals surface area contributed by atoms with Gasteiger partial charge in [-0.05, 0) is 25.7 Å². The maximum Gasteiger partial charge on any atom is 0.303 e. The highest BCUT2D eigenvalue weighted by atomic mass is 16.4. The third-order valence-electron chi connectivity index (χ3n) is 17.5. The van der Waals surface area contributed by atoms with Gasteiger partial charge in [-0.25, -0.2) is 0 Å². The Balaban J connectivity index is -0.000000346. The molecule has 0 aliphatic carbocycles. The molecule has 0 unspecified atom stereocenters. The van der Waals surface area contributed by atoms with Gasteiger partial charge in [-0.2, -0.15) is 0 Å². The third kappa shape index (κ3) is 98.7. The molecule has 0 saturated carbocycles. The van der Waals surface area contributed by atoms with Crippen LogP contribution < -0.4 is 0 Å². The van der Waals surface area contributed by atoms with Crippen molar-refractivity contribution < 1.29 is 70.2 Å². The highest BCUT2D eigenvalue weighted by Crippen LogP contribution is 2.18. The van der Waals surface area contributed by atoms with Crippen molar-refractivity contribution in [2.24, 2.45) is 0 Å². The van der Waals surface area contributed by atoms with Crippen LogP contribution in [0.5, 0.6) is 0 Å². The van der Waals surface area contributed by atoms with Crippen LogP contribution in [0, 0.1) is 0 Å². The lowest BCUT2D eigenvalue weighted by Gasteiger charge is -2.24. The van der Waals surface area contributed by atoms with E-state index in [1.165, 1.54) is 334 Å². The minimum Gasteiger partial charge on any atom is -0.481 e. The van der Waals surface area contributed by atoms with Gasteiger partial charge >= 0.3 is 23.9 Å². The monoisotopic (exact) mass is 1320 g/mol. The van der Waals surface area contributed by atoms with E-state index in [2.05, 4.69) is 27.7 Å². The van der Waals surface area contributed by atoms with Crippen LogP contribution in [0.1, 0.15) is 439 Å². The first-order valence-corrected chi connectivity index (χ1v) is 39.4. The van der Waals surface area contributed by atoms with Gasteiger partial charge < -0.3 is 51.1 Å². The van der Waals surface area contributed by atoms with Gasteiger partial charge in [0.25, 0.3) is 0 Å². The van der Waals surface area contributed by atoms with E-state index in [9.17, 15) is 19.2 Å². The van der Waals surface area contributed by atoms with Gasteiger partial charge in [0, 0.05) is 25.7 Å². The normalized spacial score (nSPS) is 12.2. The maximum absolute atomic E-state index is 10.3. The predicted molar refractivity (Wildman–Crippen MR) is 387 cm³/mol. The highest BCUT2D eigenvalue weighted by Gasteiger charge is 2.29. The van der Waals surface area contributed by atoms with Crippen molar-refractivity contribution in [3.8, 4) is 0 Å². The number of carbonyl (C=O) groups is 4. The summed E-state index contributed by atoms with van der Waals surface area (Å²) in [6.07, 6.45) is 74.4. The van der Waals surface area contributed by atoms with Gasteiger partial charge in [-0.3, -0.25) is 19.2 Å². The minimum absolute atomic E-state index is 0.345. The van der Waals surface area contributed by atoms with Crippen LogP contribution in [-0.4, -0.2) is 113 Å². The summed E-state index contributed by atoms with van der Waals surface area (Å²) in [5.74, 6) is -2.61. The minimum atomic E-state index is -1.67. The average Bonchev–Trinajstić information content (AvgIpc) is 3.04.